The molecule has 0 rings (SSSR count). The molecule has 0 aliphatic rings. The van der Waals surface area contributed by atoms with Crippen molar-refractivity contribution in [3.05, 3.63) is 36.5 Å². The number of ether oxygens (including phenoxy) is 3. The van der Waals surface area contributed by atoms with Gasteiger partial charge in [-0.15, -0.1) is 0 Å². The van der Waals surface area contributed by atoms with E-state index in [-0.39, 0.29) is 31.1 Å². The second-order valence-electron chi connectivity index (χ2n) is 23.8. The molecule has 0 radical (unpaired) electrons. The Balaban J connectivity index is 4.17. The molecule has 1 atom stereocenters. The standard InChI is InChI=1S/C72H134O6/c1-4-7-10-13-16-19-22-25-27-29-31-32-33-34-35-36-37-38-39-40-41-43-44-47-50-53-56-59-62-65-71(74)77-68-69(67-76-70(73)64-61-58-55-52-49-46-24-21-18-15-12-9-6-3)78-72(75)66-63-60-57-54-51-48-45-42-30-28-26-23-20-17-14-11-8-5-2/h12,15,21,24,29,31,69H,4-11,13-14,16-20,22-23,25-28,30,32-68H2,1-3H3/b15-12-,24-21-,31-29-. The molecular formula is C72H134O6. The minimum Gasteiger partial charge on any atom is -0.462 e. The lowest BCUT2D eigenvalue weighted by molar-refractivity contribution is -0.167. The highest BCUT2D eigenvalue weighted by Crippen LogP contribution is 2.18. The first-order valence-corrected chi connectivity index (χ1v) is 35.0. The van der Waals surface area contributed by atoms with Crippen molar-refractivity contribution in [3.63, 3.8) is 0 Å². The largest absolute Gasteiger partial charge is 0.462 e. The van der Waals surface area contributed by atoms with Crippen LogP contribution < -0.4 is 0 Å². The molecule has 0 saturated carbocycles. The third-order valence-electron chi connectivity index (χ3n) is 15.8. The van der Waals surface area contributed by atoms with Crippen LogP contribution in [-0.2, 0) is 28.6 Å². The number of allylic oxidation sites excluding steroid dienone is 6. The predicted octanol–water partition coefficient (Wildman–Crippen LogP) is 23.9. The zero-order valence-corrected chi connectivity index (χ0v) is 52.7. The Bertz CT molecular complexity index is 1300. The smallest absolute Gasteiger partial charge is 0.306 e. The van der Waals surface area contributed by atoms with Crippen LogP contribution in [0.4, 0.5) is 0 Å². The van der Waals surface area contributed by atoms with Gasteiger partial charge in [0.15, 0.2) is 6.10 Å². The average molecular weight is 1100 g/mol. The lowest BCUT2D eigenvalue weighted by atomic mass is 10.0. The lowest BCUT2D eigenvalue weighted by Crippen LogP contribution is -2.30. The summed E-state index contributed by atoms with van der Waals surface area (Å²) in [6.07, 6.45) is 83.2. The maximum absolute atomic E-state index is 12.9. The summed E-state index contributed by atoms with van der Waals surface area (Å²) in [6, 6.07) is 0. The molecule has 1 unspecified atom stereocenters. The van der Waals surface area contributed by atoms with E-state index in [2.05, 4.69) is 57.2 Å². The van der Waals surface area contributed by atoms with Crippen LogP contribution in [0.15, 0.2) is 36.5 Å². The van der Waals surface area contributed by atoms with E-state index in [1.807, 2.05) is 0 Å². The zero-order chi connectivity index (χ0) is 56.4. The van der Waals surface area contributed by atoms with Crippen molar-refractivity contribution in [3.8, 4) is 0 Å². The number of esters is 3. The highest BCUT2D eigenvalue weighted by atomic mass is 16.6. The maximum Gasteiger partial charge on any atom is 0.306 e. The summed E-state index contributed by atoms with van der Waals surface area (Å²) in [5.41, 5.74) is 0. The fourth-order valence-electron chi connectivity index (χ4n) is 10.6. The molecule has 0 bridgehead atoms. The SMILES string of the molecule is CCC/C=C\C/C=C\CCCCCCCC(=O)OCC(COC(=O)CCCCCCCCCCCCCCCCCCC/C=C\CCCCCCCCCC)OC(=O)CCCCCCCCCCCCCCCCCCCC. The molecule has 0 aromatic rings. The van der Waals surface area contributed by atoms with Gasteiger partial charge in [-0.1, -0.05) is 333 Å². The topological polar surface area (TPSA) is 78.9 Å². The zero-order valence-electron chi connectivity index (χ0n) is 52.7. The number of rotatable bonds is 65. The quantitative estimate of drug-likeness (QED) is 0.0261. The van der Waals surface area contributed by atoms with Gasteiger partial charge in [0.05, 0.1) is 0 Å². The van der Waals surface area contributed by atoms with Gasteiger partial charge in [0.1, 0.15) is 13.2 Å². The van der Waals surface area contributed by atoms with Gasteiger partial charge in [-0.2, -0.15) is 0 Å². The fraction of sp³-hybridized carbons (Fsp3) is 0.875. The summed E-state index contributed by atoms with van der Waals surface area (Å²) >= 11 is 0. The van der Waals surface area contributed by atoms with Crippen molar-refractivity contribution < 1.29 is 28.6 Å². The Morgan fingerprint density at radius 2 is 0.487 bits per heavy atom. The molecule has 0 saturated heterocycles. The summed E-state index contributed by atoms with van der Waals surface area (Å²) in [5, 5.41) is 0. The summed E-state index contributed by atoms with van der Waals surface area (Å²) in [6.45, 7) is 6.63. The van der Waals surface area contributed by atoms with Crippen LogP contribution in [0.3, 0.4) is 0 Å². The molecule has 0 amide bonds. The Morgan fingerprint density at radius 3 is 0.769 bits per heavy atom. The number of carbonyl (C=O) groups excluding carboxylic acids is 3. The van der Waals surface area contributed by atoms with E-state index in [0.29, 0.717) is 19.3 Å². The molecular weight excluding hydrogens is 961 g/mol. The first-order valence-electron chi connectivity index (χ1n) is 35.0. The van der Waals surface area contributed by atoms with Gasteiger partial charge < -0.3 is 14.2 Å². The van der Waals surface area contributed by atoms with Crippen LogP contribution in [0.25, 0.3) is 0 Å². The van der Waals surface area contributed by atoms with Gasteiger partial charge in [0, 0.05) is 19.3 Å². The molecule has 6 nitrogen and oxygen atoms in total. The molecule has 78 heavy (non-hydrogen) atoms. The van der Waals surface area contributed by atoms with Crippen LogP contribution in [0.5, 0.6) is 0 Å². The molecule has 0 aliphatic carbocycles. The number of carbonyl (C=O) groups is 3. The van der Waals surface area contributed by atoms with Gasteiger partial charge in [-0.3, -0.25) is 14.4 Å². The summed E-state index contributed by atoms with van der Waals surface area (Å²) in [7, 11) is 0. The van der Waals surface area contributed by atoms with E-state index in [4.69, 9.17) is 14.2 Å². The van der Waals surface area contributed by atoms with Gasteiger partial charge in [-0.25, -0.2) is 0 Å². The van der Waals surface area contributed by atoms with Gasteiger partial charge in [-0.05, 0) is 70.6 Å². The summed E-state index contributed by atoms with van der Waals surface area (Å²) < 4.78 is 17.0. The molecule has 0 fully saturated rings. The third kappa shape index (κ3) is 64.5. The van der Waals surface area contributed by atoms with Crippen molar-refractivity contribution in [1.29, 1.82) is 0 Å². The second kappa shape index (κ2) is 67.1. The molecule has 6 heteroatoms. The summed E-state index contributed by atoms with van der Waals surface area (Å²) in [4.78, 5) is 38.4. The molecule has 458 valence electrons. The van der Waals surface area contributed by atoms with Crippen molar-refractivity contribution in [2.24, 2.45) is 0 Å². The van der Waals surface area contributed by atoms with E-state index in [1.165, 1.54) is 263 Å². The average Bonchev–Trinajstić information content (AvgIpc) is 3.44. The normalized spacial score (nSPS) is 12.2. The molecule has 0 heterocycles. The number of unbranched alkanes of at least 4 members (excludes halogenated alkanes) is 48. The van der Waals surface area contributed by atoms with E-state index < -0.39 is 6.10 Å². The highest BCUT2D eigenvalue weighted by Gasteiger charge is 2.19. The summed E-state index contributed by atoms with van der Waals surface area (Å²) in [5.74, 6) is -0.858. The first kappa shape index (κ1) is 75.6. The predicted molar refractivity (Wildman–Crippen MR) is 339 cm³/mol. The minimum atomic E-state index is -0.775. The van der Waals surface area contributed by atoms with E-state index in [0.717, 1.165) is 83.5 Å². The highest BCUT2D eigenvalue weighted by molar-refractivity contribution is 5.71. The third-order valence-corrected chi connectivity index (χ3v) is 15.8. The Morgan fingerprint density at radius 1 is 0.256 bits per heavy atom. The molecule has 0 N–H and O–H groups in total. The lowest BCUT2D eigenvalue weighted by Gasteiger charge is -2.18. The minimum absolute atomic E-state index is 0.0712. The molecule has 0 spiro atoms. The van der Waals surface area contributed by atoms with Crippen molar-refractivity contribution in [2.45, 2.75) is 393 Å². The van der Waals surface area contributed by atoms with E-state index in [9.17, 15) is 14.4 Å². The fourth-order valence-corrected chi connectivity index (χ4v) is 10.6. The number of hydrogen-bond acceptors (Lipinski definition) is 6. The van der Waals surface area contributed by atoms with Crippen molar-refractivity contribution in [1.82, 2.24) is 0 Å². The van der Waals surface area contributed by atoms with Crippen LogP contribution in [0.1, 0.15) is 387 Å². The van der Waals surface area contributed by atoms with Crippen LogP contribution in [-0.4, -0.2) is 37.2 Å². The van der Waals surface area contributed by atoms with Crippen LogP contribution in [0, 0.1) is 0 Å². The maximum atomic E-state index is 12.9. The van der Waals surface area contributed by atoms with Crippen LogP contribution in [0.2, 0.25) is 0 Å². The molecule has 0 aliphatic heterocycles. The van der Waals surface area contributed by atoms with Crippen molar-refractivity contribution >= 4 is 17.9 Å². The van der Waals surface area contributed by atoms with E-state index >= 15 is 0 Å². The molecule has 0 aromatic carbocycles. The van der Waals surface area contributed by atoms with Gasteiger partial charge in [0.25, 0.3) is 0 Å². The van der Waals surface area contributed by atoms with Gasteiger partial charge >= 0.3 is 17.9 Å². The second-order valence-corrected chi connectivity index (χ2v) is 23.8. The van der Waals surface area contributed by atoms with E-state index in [1.54, 1.807) is 0 Å². The van der Waals surface area contributed by atoms with Gasteiger partial charge in [0.2, 0.25) is 0 Å². The first-order chi connectivity index (χ1) is 38.5. The Labute approximate surface area is 486 Å². The van der Waals surface area contributed by atoms with Crippen LogP contribution >= 0.6 is 0 Å². The Hall–Kier alpha value is -2.37. The monoisotopic (exact) mass is 1100 g/mol. The van der Waals surface area contributed by atoms with Crippen molar-refractivity contribution in [2.75, 3.05) is 13.2 Å². The Kier molecular flexibility index (Phi) is 65.1. The molecule has 0 aromatic heterocycles. The number of hydrogen-bond donors (Lipinski definition) is 0.